The number of benzene rings is 1. The van der Waals surface area contributed by atoms with Crippen molar-refractivity contribution in [3.05, 3.63) is 35.9 Å². The van der Waals surface area contributed by atoms with E-state index in [1.165, 1.54) is 0 Å². The summed E-state index contributed by atoms with van der Waals surface area (Å²) >= 11 is -1.82. The normalized spacial score (nSPS) is 10.6. The van der Waals surface area contributed by atoms with E-state index in [9.17, 15) is 8.76 Å². The Morgan fingerprint density at radius 2 is 1.93 bits per heavy atom. The highest BCUT2D eigenvalue weighted by atomic mass is 32.2. The molecule has 0 fully saturated rings. The Morgan fingerprint density at radius 3 is 2.29 bits per heavy atom. The van der Waals surface area contributed by atoms with Gasteiger partial charge >= 0.3 is 0 Å². The first-order valence-electron chi connectivity index (χ1n) is 4.17. The fraction of sp³-hybridized carbons (Fsp3) is 0.300. The van der Waals surface area contributed by atoms with Crippen molar-refractivity contribution in [1.29, 1.82) is 5.26 Å². The van der Waals surface area contributed by atoms with E-state index < -0.39 is 11.1 Å². The molecule has 1 atom stereocenters. The zero-order valence-electron chi connectivity index (χ0n) is 7.97. The molecule has 0 aromatic heterocycles. The number of rotatable bonds is 2. The Balaban J connectivity index is 0.000000292. The lowest BCUT2D eigenvalue weighted by Gasteiger charge is -1.93. The van der Waals surface area contributed by atoms with Gasteiger partial charge in [-0.1, -0.05) is 48.3 Å². The predicted molar refractivity (Wildman–Crippen MR) is 55.2 cm³/mol. The largest absolute Gasteiger partial charge is 0.772 e. The van der Waals surface area contributed by atoms with Crippen molar-refractivity contribution in [2.24, 2.45) is 0 Å². The minimum Gasteiger partial charge on any atom is -0.772 e. The standard InChI is InChI=1S/C8H7N.C2H6O2S/c9-7-6-8-4-2-1-3-5-8;1-2-5(3)4/h1-5H,6H2;2H2,1H3,(H,3,4)/p-1. The molecule has 0 saturated heterocycles. The summed E-state index contributed by atoms with van der Waals surface area (Å²) in [5, 5.41) is 8.27. The van der Waals surface area contributed by atoms with Crippen LogP contribution in [0.2, 0.25) is 0 Å². The molecule has 1 aromatic carbocycles. The van der Waals surface area contributed by atoms with Crippen LogP contribution in [-0.2, 0) is 17.5 Å². The van der Waals surface area contributed by atoms with Crippen LogP contribution < -0.4 is 0 Å². The van der Waals surface area contributed by atoms with Gasteiger partial charge in [-0.25, -0.2) is 0 Å². The summed E-state index contributed by atoms with van der Waals surface area (Å²) in [5.41, 5.74) is 1.08. The SMILES string of the molecule is CCS(=O)[O-].N#CCc1ccccc1. The van der Waals surface area contributed by atoms with Crippen molar-refractivity contribution in [3.8, 4) is 6.07 Å². The second-order valence-electron chi connectivity index (χ2n) is 2.41. The lowest BCUT2D eigenvalue weighted by molar-refractivity contribution is 0.538. The van der Waals surface area contributed by atoms with Crippen molar-refractivity contribution in [2.45, 2.75) is 13.3 Å². The van der Waals surface area contributed by atoms with Gasteiger partial charge in [-0.05, 0) is 5.56 Å². The van der Waals surface area contributed by atoms with E-state index in [1.54, 1.807) is 6.92 Å². The molecule has 76 valence electrons. The monoisotopic (exact) mass is 210 g/mol. The molecule has 0 saturated carbocycles. The quantitative estimate of drug-likeness (QED) is 0.697. The highest BCUT2D eigenvalue weighted by Gasteiger charge is 1.84. The van der Waals surface area contributed by atoms with Gasteiger partial charge in [-0.2, -0.15) is 5.26 Å². The zero-order valence-corrected chi connectivity index (χ0v) is 8.79. The van der Waals surface area contributed by atoms with E-state index in [0.29, 0.717) is 6.42 Å². The Morgan fingerprint density at radius 1 is 1.43 bits per heavy atom. The topological polar surface area (TPSA) is 63.9 Å². The summed E-state index contributed by atoms with van der Waals surface area (Å²) in [6, 6.07) is 11.8. The third-order valence-electron chi connectivity index (χ3n) is 1.36. The Hall–Kier alpha value is -1.18. The van der Waals surface area contributed by atoms with Crippen molar-refractivity contribution in [3.63, 3.8) is 0 Å². The number of hydrogen-bond acceptors (Lipinski definition) is 3. The van der Waals surface area contributed by atoms with Crippen LogP contribution in [-0.4, -0.2) is 14.5 Å². The average Bonchev–Trinajstić information content (AvgIpc) is 2.21. The van der Waals surface area contributed by atoms with Crippen molar-refractivity contribution in [1.82, 2.24) is 0 Å². The highest BCUT2D eigenvalue weighted by Crippen LogP contribution is 1.96. The van der Waals surface area contributed by atoms with Crippen LogP contribution in [0.4, 0.5) is 0 Å². The molecule has 0 bridgehead atoms. The summed E-state index contributed by atoms with van der Waals surface area (Å²) in [4.78, 5) is 0. The van der Waals surface area contributed by atoms with Gasteiger partial charge in [-0.3, -0.25) is 4.21 Å². The summed E-state index contributed by atoms with van der Waals surface area (Å²) < 4.78 is 18.7. The first kappa shape index (κ1) is 12.8. The van der Waals surface area contributed by atoms with Gasteiger partial charge in [-0.15, -0.1) is 0 Å². The molecular formula is C10H12NO2S-. The highest BCUT2D eigenvalue weighted by molar-refractivity contribution is 7.79. The lowest BCUT2D eigenvalue weighted by Crippen LogP contribution is -1.85. The zero-order chi connectivity index (χ0) is 10.8. The molecule has 0 aliphatic carbocycles. The van der Waals surface area contributed by atoms with E-state index in [1.807, 2.05) is 30.3 Å². The molecule has 0 amide bonds. The molecule has 0 aliphatic heterocycles. The van der Waals surface area contributed by atoms with Crippen LogP contribution in [0, 0.1) is 11.3 Å². The van der Waals surface area contributed by atoms with Gasteiger partial charge in [0.05, 0.1) is 12.5 Å². The van der Waals surface area contributed by atoms with Gasteiger partial charge in [0, 0.05) is 5.75 Å². The fourth-order valence-electron chi connectivity index (χ4n) is 0.687. The molecule has 0 aliphatic rings. The van der Waals surface area contributed by atoms with Gasteiger partial charge in [0.15, 0.2) is 0 Å². The van der Waals surface area contributed by atoms with Crippen LogP contribution in [0.3, 0.4) is 0 Å². The van der Waals surface area contributed by atoms with Gasteiger partial charge in [0.2, 0.25) is 0 Å². The minimum atomic E-state index is -1.82. The summed E-state index contributed by atoms with van der Waals surface area (Å²) in [7, 11) is 0. The third kappa shape index (κ3) is 7.47. The summed E-state index contributed by atoms with van der Waals surface area (Å²) in [5.74, 6) is 0.222. The molecule has 0 radical (unpaired) electrons. The third-order valence-corrected chi connectivity index (χ3v) is 1.83. The number of nitriles is 1. The second kappa shape index (κ2) is 8.42. The van der Waals surface area contributed by atoms with Gasteiger partial charge in [0.1, 0.15) is 0 Å². The average molecular weight is 210 g/mol. The molecule has 0 spiro atoms. The van der Waals surface area contributed by atoms with E-state index in [-0.39, 0.29) is 5.75 Å². The molecular weight excluding hydrogens is 198 g/mol. The molecule has 3 nitrogen and oxygen atoms in total. The Bertz CT molecular complexity index is 306. The Labute approximate surface area is 86.7 Å². The molecule has 1 aromatic rings. The van der Waals surface area contributed by atoms with E-state index in [4.69, 9.17) is 5.26 Å². The second-order valence-corrected chi connectivity index (χ2v) is 3.60. The first-order chi connectivity index (χ1) is 6.70. The van der Waals surface area contributed by atoms with Crippen LogP contribution in [0.5, 0.6) is 0 Å². The molecule has 1 unspecified atom stereocenters. The maximum atomic E-state index is 9.37. The van der Waals surface area contributed by atoms with Gasteiger partial charge in [0.25, 0.3) is 0 Å². The van der Waals surface area contributed by atoms with E-state index in [2.05, 4.69) is 6.07 Å². The van der Waals surface area contributed by atoms with Gasteiger partial charge < -0.3 is 4.55 Å². The fourth-order valence-corrected chi connectivity index (χ4v) is 0.687. The van der Waals surface area contributed by atoms with Crippen LogP contribution >= 0.6 is 0 Å². The van der Waals surface area contributed by atoms with E-state index in [0.717, 1.165) is 5.56 Å². The number of nitrogens with zero attached hydrogens (tertiary/aromatic N) is 1. The molecule has 4 heteroatoms. The molecule has 1 rings (SSSR count). The van der Waals surface area contributed by atoms with Crippen LogP contribution in [0.25, 0.3) is 0 Å². The number of hydrogen-bond donors (Lipinski definition) is 0. The minimum absolute atomic E-state index is 0.222. The van der Waals surface area contributed by atoms with Crippen molar-refractivity contribution >= 4 is 11.1 Å². The van der Waals surface area contributed by atoms with Crippen LogP contribution in [0.15, 0.2) is 30.3 Å². The predicted octanol–water partition coefficient (Wildman–Crippen LogP) is 1.64. The molecule has 14 heavy (non-hydrogen) atoms. The van der Waals surface area contributed by atoms with E-state index >= 15 is 0 Å². The molecule has 0 heterocycles. The van der Waals surface area contributed by atoms with Crippen molar-refractivity contribution < 1.29 is 8.76 Å². The smallest absolute Gasteiger partial charge is 0.0669 e. The molecule has 0 N–H and O–H groups in total. The maximum Gasteiger partial charge on any atom is 0.0669 e. The van der Waals surface area contributed by atoms with Crippen molar-refractivity contribution in [2.75, 3.05) is 5.75 Å². The summed E-state index contributed by atoms with van der Waals surface area (Å²) in [6.07, 6.45) is 0.515. The summed E-state index contributed by atoms with van der Waals surface area (Å²) in [6.45, 7) is 1.59. The lowest BCUT2D eigenvalue weighted by atomic mass is 10.2. The first-order valence-corrected chi connectivity index (χ1v) is 5.41. The maximum absolute atomic E-state index is 9.37. The Kier molecular flexibility index (Phi) is 7.71. The van der Waals surface area contributed by atoms with Crippen LogP contribution in [0.1, 0.15) is 12.5 Å².